The van der Waals surface area contributed by atoms with Crippen molar-refractivity contribution in [3.05, 3.63) is 130 Å². The molecule has 1 atom stereocenters. The first-order valence-electron chi connectivity index (χ1n) is 12.2. The zero-order valence-electron chi connectivity index (χ0n) is 20.5. The van der Waals surface area contributed by atoms with Crippen LogP contribution in [0.5, 0.6) is 0 Å². The summed E-state index contributed by atoms with van der Waals surface area (Å²) in [5, 5.41) is 8.95. The zero-order chi connectivity index (χ0) is 26.9. The van der Waals surface area contributed by atoms with Gasteiger partial charge in [-0.2, -0.15) is 0 Å². The van der Waals surface area contributed by atoms with E-state index in [-0.39, 0.29) is 23.8 Å². The predicted molar refractivity (Wildman–Crippen MR) is 138 cm³/mol. The third-order valence-electron chi connectivity index (χ3n) is 5.94. The second-order valence-corrected chi connectivity index (χ2v) is 8.77. The molecule has 0 radical (unpaired) electrons. The van der Waals surface area contributed by atoms with Gasteiger partial charge in [0, 0.05) is 31.5 Å². The number of allylic oxidation sites excluding steroid dienone is 1. The molecular weight excluding hydrogens is 492 g/mol. The SMILES string of the molecule is O=C(O)CCCCc1nccc(C2C=C(Cc3ccc(F)cc3)ON2)cccc(=O)n1-c1ccc(F)cc1. The lowest BCUT2D eigenvalue weighted by Crippen LogP contribution is -2.20. The second-order valence-electron chi connectivity index (χ2n) is 8.77. The van der Waals surface area contributed by atoms with E-state index in [2.05, 4.69) is 10.5 Å². The van der Waals surface area contributed by atoms with Crippen molar-refractivity contribution in [1.29, 1.82) is 0 Å². The molecule has 0 spiro atoms. The molecular formula is C29H27F2N3O4. The highest BCUT2D eigenvalue weighted by atomic mass is 19.1. The fourth-order valence-corrected chi connectivity index (χ4v) is 4.03. The van der Waals surface area contributed by atoms with Gasteiger partial charge in [0.05, 0.1) is 11.7 Å². The summed E-state index contributed by atoms with van der Waals surface area (Å²) in [6.07, 6.45) is 5.26. The van der Waals surface area contributed by atoms with Gasteiger partial charge in [-0.15, -0.1) is 5.48 Å². The molecule has 2 heterocycles. The predicted octanol–water partition coefficient (Wildman–Crippen LogP) is 5.14. The highest BCUT2D eigenvalue weighted by Crippen LogP contribution is 2.23. The Morgan fingerprint density at radius 1 is 0.974 bits per heavy atom. The number of aromatic nitrogens is 2. The number of aryl methyl sites for hydroxylation is 1. The molecule has 0 fully saturated rings. The lowest BCUT2D eigenvalue weighted by atomic mass is 10.1. The second kappa shape index (κ2) is 12.7. The van der Waals surface area contributed by atoms with Gasteiger partial charge in [0.1, 0.15) is 23.2 Å². The van der Waals surface area contributed by atoms with Gasteiger partial charge < -0.3 is 9.94 Å². The van der Waals surface area contributed by atoms with Crippen molar-refractivity contribution in [3.8, 4) is 5.69 Å². The molecule has 3 aromatic rings. The van der Waals surface area contributed by atoms with Crippen molar-refractivity contribution in [3.63, 3.8) is 0 Å². The average molecular weight is 520 g/mol. The number of carbonyl (C=O) groups is 1. The van der Waals surface area contributed by atoms with E-state index in [4.69, 9.17) is 9.94 Å². The topological polar surface area (TPSA) is 93.5 Å². The molecule has 9 heteroatoms. The lowest BCUT2D eigenvalue weighted by Gasteiger charge is -2.10. The normalized spacial score (nSPS) is 14.4. The molecule has 0 aliphatic carbocycles. The summed E-state index contributed by atoms with van der Waals surface area (Å²) < 4.78 is 28.1. The molecule has 2 N–H and O–H groups in total. The summed E-state index contributed by atoms with van der Waals surface area (Å²) in [5.74, 6) is -0.525. The van der Waals surface area contributed by atoms with E-state index < -0.39 is 11.8 Å². The number of nitrogens with one attached hydrogen (secondary N) is 1. The first-order valence-corrected chi connectivity index (χ1v) is 12.2. The maximum Gasteiger partial charge on any atom is 0.303 e. The van der Waals surface area contributed by atoms with E-state index in [0.717, 1.165) is 11.1 Å². The van der Waals surface area contributed by atoms with Gasteiger partial charge in [-0.1, -0.05) is 24.3 Å². The van der Waals surface area contributed by atoms with E-state index in [1.807, 2.05) is 6.08 Å². The third-order valence-corrected chi connectivity index (χ3v) is 5.94. The number of carboxylic acids is 1. The minimum absolute atomic E-state index is 0.0142. The monoisotopic (exact) mass is 519 g/mol. The smallest absolute Gasteiger partial charge is 0.303 e. The van der Waals surface area contributed by atoms with Crippen LogP contribution in [-0.2, 0) is 22.5 Å². The number of halogens is 2. The number of hydroxylamine groups is 1. The van der Waals surface area contributed by atoms with Gasteiger partial charge in [-0.25, -0.2) is 13.8 Å². The Morgan fingerprint density at radius 2 is 1.68 bits per heavy atom. The van der Waals surface area contributed by atoms with Crippen LogP contribution in [0.15, 0.2) is 95.6 Å². The number of nitrogens with zero attached hydrogens (tertiary/aromatic N) is 2. The molecule has 1 aromatic heterocycles. The van der Waals surface area contributed by atoms with Crippen molar-refractivity contribution in [2.45, 2.75) is 38.1 Å². The van der Waals surface area contributed by atoms with Crippen LogP contribution in [0, 0.1) is 11.6 Å². The summed E-state index contributed by atoms with van der Waals surface area (Å²) >= 11 is 0. The summed E-state index contributed by atoms with van der Waals surface area (Å²) in [4.78, 5) is 34.3. The molecule has 196 valence electrons. The van der Waals surface area contributed by atoms with Crippen LogP contribution in [-0.4, -0.2) is 20.6 Å². The minimum atomic E-state index is -0.889. The molecule has 0 amide bonds. The molecule has 7 nitrogen and oxygen atoms in total. The van der Waals surface area contributed by atoms with Gasteiger partial charge in [0.25, 0.3) is 5.56 Å². The number of hydrogen-bond donors (Lipinski definition) is 2. The van der Waals surface area contributed by atoms with Crippen molar-refractivity contribution < 1.29 is 23.5 Å². The van der Waals surface area contributed by atoms with Crippen LogP contribution in [0.1, 0.15) is 42.3 Å². The summed E-state index contributed by atoms with van der Waals surface area (Å²) in [6, 6.07) is 18.0. The molecule has 0 saturated heterocycles. The van der Waals surface area contributed by atoms with Crippen LogP contribution >= 0.6 is 0 Å². The Balaban J connectivity index is 1.65. The van der Waals surface area contributed by atoms with Crippen molar-refractivity contribution in [2.24, 2.45) is 0 Å². The largest absolute Gasteiger partial charge is 0.481 e. The Hall–Kier alpha value is -4.37. The van der Waals surface area contributed by atoms with E-state index in [9.17, 15) is 18.4 Å². The molecule has 1 unspecified atom stereocenters. The van der Waals surface area contributed by atoms with Gasteiger partial charge in [-0.05, 0) is 72.5 Å². The Kier molecular flexibility index (Phi) is 8.94. The van der Waals surface area contributed by atoms with Crippen LogP contribution < -0.4 is 11.0 Å². The number of aliphatic carboxylic acids is 1. The van der Waals surface area contributed by atoms with Crippen LogP contribution in [0.2, 0.25) is 0 Å². The molecule has 0 bridgehead atoms. The number of hydrogen-bond acceptors (Lipinski definition) is 5. The van der Waals surface area contributed by atoms with E-state index >= 15 is 0 Å². The number of benzene rings is 2. The minimum Gasteiger partial charge on any atom is -0.481 e. The van der Waals surface area contributed by atoms with Crippen LogP contribution in [0.4, 0.5) is 8.78 Å². The molecule has 0 saturated carbocycles. The molecule has 1 aliphatic rings. The highest BCUT2D eigenvalue weighted by molar-refractivity contribution is 5.66. The molecule has 2 aromatic carbocycles. The van der Waals surface area contributed by atoms with Crippen molar-refractivity contribution in [1.82, 2.24) is 15.0 Å². The Morgan fingerprint density at radius 3 is 2.39 bits per heavy atom. The summed E-state index contributed by atoms with van der Waals surface area (Å²) in [6.45, 7) is 0. The highest BCUT2D eigenvalue weighted by Gasteiger charge is 2.18. The molecule has 1 aliphatic heterocycles. The summed E-state index contributed by atoms with van der Waals surface area (Å²) in [5.41, 5.74) is 4.72. The fourth-order valence-electron chi connectivity index (χ4n) is 4.03. The Bertz CT molecular complexity index is 1420. The zero-order valence-corrected chi connectivity index (χ0v) is 20.5. The van der Waals surface area contributed by atoms with Crippen LogP contribution in [0.25, 0.3) is 5.69 Å². The molecule has 4 rings (SSSR count). The number of rotatable bonds is 9. The van der Waals surface area contributed by atoms with E-state index in [0.29, 0.717) is 43.0 Å². The third kappa shape index (κ3) is 7.33. The first-order chi connectivity index (χ1) is 18.4. The summed E-state index contributed by atoms with van der Waals surface area (Å²) in [7, 11) is 0. The van der Waals surface area contributed by atoms with Crippen molar-refractivity contribution in [2.75, 3.05) is 0 Å². The van der Waals surface area contributed by atoms with Gasteiger partial charge in [-0.3, -0.25) is 14.2 Å². The quantitative estimate of drug-likeness (QED) is 0.381. The number of unbranched alkanes of at least 4 members (excludes halogenated alkanes) is 1. The fraction of sp³-hybridized carbons (Fsp3) is 0.207. The lowest BCUT2D eigenvalue weighted by molar-refractivity contribution is -0.137. The van der Waals surface area contributed by atoms with Crippen LogP contribution in [0.3, 0.4) is 0 Å². The van der Waals surface area contributed by atoms with E-state index in [1.54, 1.807) is 36.5 Å². The number of carboxylic acid groups (broad SMARTS) is 1. The maximum atomic E-state index is 13.5. The standard InChI is InChI=1S/C29H27F2N3O4/c30-22-10-8-20(9-11-22)18-25-19-26(33-38-25)21-4-3-6-28(35)34(24-14-12-23(31)13-15-24)27(32-17-16-21)5-1-2-7-29(36)37/h3-4,6,8-17,19,26,33H,1-2,5,7,18H2,(H,36,37). The van der Waals surface area contributed by atoms with Gasteiger partial charge >= 0.3 is 5.97 Å². The van der Waals surface area contributed by atoms with E-state index in [1.165, 1.54) is 47.0 Å². The van der Waals surface area contributed by atoms with Crippen molar-refractivity contribution >= 4 is 5.97 Å². The average Bonchev–Trinajstić information content (AvgIpc) is 3.36. The maximum absolute atomic E-state index is 13.5. The van der Waals surface area contributed by atoms with Gasteiger partial charge in [0.2, 0.25) is 0 Å². The first kappa shape index (κ1) is 26.7. The molecule has 38 heavy (non-hydrogen) atoms. The Labute approximate surface area is 218 Å². The van der Waals surface area contributed by atoms with Gasteiger partial charge in [0.15, 0.2) is 0 Å².